The Hall–Kier alpha value is -1.35. The van der Waals surface area contributed by atoms with Crippen LogP contribution in [0.4, 0.5) is 0 Å². The molecule has 2 rings (SSSR count). The van der Waals surface area contributed by atoms with Crippen molar-refractivity contribution in [3.05, 3.63) is 29.3 Å². The lowest BCUT2D eigenvalue weighted by Gasteiger charge is -2.12. The quantitative estimate of drug-likeness (QED) is 0.818. The van der Waals surface area contributed by atoms with Crippen LogP contribution >= 0.6 is 0 Å². The molecule has 0 bridgehead atoms. The molecular formula is C16H22O3. The molecular weight excluding hydrogens is 240 g/mol. The van der Waals surface area contributed by atoms with Gasteiger partial charge in [-0.05, 0) is 42.5 Å². The van der Waals surface area contributed by atoms with Crippen molar-refractivity contribution in [3.63, 3.8) is 0 Å². The first-order valence-corrected chi connectivity index (χ1v) is 6.91. The normalized spacial score (nSPS) is 18.8. The molecule has 0 saturated carbocycles. The molecule has 0 aromatic heterocycles. The molecule has 0 radical (unpaired) electrons. The molecule has 1 heterocycles. The van der Waals surface area contributed by atoms with E-state index >= 15 is 0 Å². The number of rotatable bonds is 5. The fourth-order valence-corrected chi connectivity index (χ4v) is 2.25. The molecule has 0 spiro atoms. The SMILES string of the molecule is Cc1cc(OCC(=O)C2CCOC2)cc(C(C)C)c1. The number of ketones is 1. The van der Waals surface area contributed by atoms with Crippen molar-refractivity contribution in [2.45, 2.75) is 33.1 Å². The first-order chi connectivity index (χ1) is 9.06. The topological polar surface area (TPSA) is 35.5 Å². The van der Waals surface area contributed by atoms with Gasteiger partial charge >= 0.3 is 0 Å². The van der Waals surface area contributed by atoms with Gasteiger partial charge in [-0.2, -0.15) is 0 Å². The van der Waals surface area contributed by atoms with Crippen molar-refractivity contribution in [1.82, 2.24) is 0 Å². The Morgan fingerprint density at radius 1 is 1.42 bits per heavy atom. The van der Waals surface area contributed by atoms with Crippen LogP contribution in [0.5, 0.6) is 5.75 Å². The van der Waals surface area contributed by atoms with E-state index < -0.39 is 0 Å². The molecule has 1 fully saturated rings. The Labute approximate surface area is 114 Å². The predicted octanol–water partition coefficient (Wildman–Crippen LogP) is 3.10. The molecule has 0 amide bonds. The van der Waals surface area contributed by atoms with Gasteiger partial charge in [0, 0.05) is 12.5 Å². The van der Waals surface area contributed by atoms with E-state index in [-0.39, 0.29) is 18.3 Å². The zero-order chi connectivity index (χ0) is 13.8. The third kappa shape index (κ3) is 3.80. The summed E-state index contributed by atoms with van der Waals surface area (Å²) in [4.78, 5) is 11.9. The third-order valence-electron chi connectivity index (χ3n) is 3.51. The highest BCUT2D eigenvalue weighted by Gasteiger charge is 2.23. The number of benzene rings is 1. The van der Waals surface area contributed by atoms with Gasteiger partial charge in [-0.15, -0.1) is 0 Å². The summed E-state index contributed by atoms with van der Waals surface area (Å²) in [5.41, 5.74) is 2.41. The first kappa shape index (κ1) is 14.1. The highest BCUT2D eigenvalue weighted by molar-refractivity contribution is 5.82. The highest BCUT2D eigenvalue weighted by Crippen LogP contribution is 2.23. The largest absolute Gasteiger partial charge is 0.486 e. The van der Waals surface area contributed by atoms with Crippen molar-refractivity contribution < 1.29 is 14.3 Å². The lowest BCUT2D eigenvalue weighted by atomic mass is 10.0. The summed E-state index contributed by atoms with van der Waals surface area (Å²) in [6.07, 6.45) is 0.827. The summed E-state index contributed by atoms with van der Waals surface area (Å²) in [5, 5.41) is 0. The predicted molar refractivity (Wildman–Crippen MR) is 74.7 cm³/mol. The lowest BCUT2D eigenvalue weighted by molar-refractivity contribution is -0.124. The molecule has 1 aromatic rings. The second-order valence-electron chi connectivity index (χ2n) is 5.55. The van der Waals surface area contributed by atoms with Crippen LogP contribution < -0.4 is 4.74 Å². The van der Waals surface area contributed by atoms with Crippen LogP contribution in [-0.2, 0) is 9.53 Å². The smallest absolute Gasteiger partial charge is 0.175 e. The zero-order valence-corrected chi connectivity index (χ0v) is 11.9. The van der Waals surface area contributed by atoms with Crippen LogP contribution in [-0.4, -0.2) is 25.6 Å². The number of carbonyl (C=O) groups is 1. The maximum atomic E-state index is 11.9. The number of Topliss-reactive ketones (excluding diaryl/α,β-unsaturated/α-hetero) is 1. The summed E-state index contributed by atoms with van der Waals surface area (Å²) < 4.78 is 10.9. The monoisotopic (exact) mass is 262 g/mol. The fourth-order valence-electron chi connectivity index (χ4n) is 2.25. The average Bonchev–Trinajstić information content (AvgIpc) is 2.89. The molecule has 19 heavy (non-hydrogen) atoms. The Morgan fingerprint density at radius 3 is 2.84 bits per heavy atom. The summed E-state index contributed by atoms with van der Waals surface area (Å²) in [7, 11) is 0. The maximum Gasteiger partial charge on any atom is 0.175 e. The van der Waals surface area contributed by atoms with Crippen LogP contribution in [0.1, 0.15) is 37.3 Å². The number of hydrogen-bond acceptors (Lipinski definition) is 3. The number of carbonyl (C=O) groups excluding carboxylic acids is 1. The number of aryl methyl sites for hydroxylation is 1. The number of hydrogen-bond donors (Lipinski definition) is 0. The van der Waals surface area contributed by atoms with Crippen molar-refractivity contribution >= 4 is 5.78 Å². The number of ether oxygens (including phenoxy) is 2. The second-order valence-corrected chi connectivity index (χ2v) is 5.55. The zero-order valence-electron chi connectivity index (χ0n) is 11.9. The van der Waals surface area contributed by atoms with E-state index in [2.05, 4.69) is 19.9 Å². The second kappa shape index (κ2) is 6.20. The van der Waals surface area contributed by atoms with Crippen LogP contribution in [0.3, 0.4) is 0 Å². The van der Waals surface area contributed by atoms with Gasteiger partial charge in [-0.25, -0.2) is 0 Å². The van der Waals surface area contributed by atoms with E-state index in [1.165, 1.54) is 5.56 Å². The van der Waals surface area contributed by atoms with Gasteiger partial charge in [0.25, 0.3) is 0 Å². The minimum Gasteiger partial charge on any atom is -0.486 e. The fraction of sp³-hybridized carbons (Fsp3) is 0.562. The Morgan fingerprint density at radius 2 is 2.21 bits per heavy atom. The van der Waals surface area contributed by atoms with Crippen molar-refractivity contribution in [3.8, 4) is 5.75 Å². The van der Waals surface area contributed by atoms with Gasteiger partial charge < -0.3 is 9.47 Å². The average molecular weight is 262 g/mol. The van der Waals surface area contributed by atoms with Gasteiger partial charge in [0.1, 0.15) is 12.4 Å². The van der Waals surface area contributed by atoms with E-state index in [1.54, 1.807) is 0 Å². The van der Waals surface area contributed by atoms with Gasteiger partial charge in [0.2, 0.25) is 0 Å². The molecule has 1 saturated heterocycles. The molecule has 3 nitrogen and oxygen atoms in total. The molecule has 1 unspecified atom stereocenters. The lowest BCUT2D eigenvalue weighted by Crippen LogP contribution is -2.21. The molecule has 0 N–H and O–H groups in total. The van der Waals surface area contributed by atoms with Crippen LogP contribution in [0.2, 0.25) is 0 Å². The van der Waals surface area contributed by atoms with Gasteiger partial charge in [-0.1, -0.05) is 19.9 Å². The molecule has 1 atom stereocenters. The van der Waals surface area contributed by atoms with Gasteiger partial charge in [0.05, 0.1) is 6.61 Å². The molecule has 3 heteroatoms. The standard InChI is InChI=1S/C16H22O3/c1-11(2)14-6-12(3)7-15(8-14)19-10-16(17)13-4-5-18-9-13/h6-8,11,13H,4-5,9-10H2,1-3H3. The Bertz CT molecular complexity index is 445. The Kier molecular flexibility index (Phi) is 4.59. The third-order valence-corrected chi connectivity index (χ3v) is 3.51. The van der Waals surface area contributed by atoms with Crippen LogP contribution in [0.25, 0.3) is 0 Å². The molecule has 104 valence electrons. The van der Waals surface area contributed by atoms with E-state index in [4.69, 9.17) is 9.47 Å². The molecule has 0 aliphatic carbocycles. The van der Waals surface area contributed by atoms with Crippen molar-refractivity contribution in [2.24, 2.45) is 5.92 Å². The minimum atomic E-state index is 0.0226. The summed E-state index contributed by atoms with van der Waals surface area (Å²) in [6, 6.07) is 6.16. The van der Waals surface area contributed by atoms with Crippen molar-refractivity contribution in [1.29, 1.82) is 0 Å². The minimum absolute atomic E-state index is 0.0226. The van der Waals surface area contributed by atoms with Gasteiger partial charge in [-0.3, -0.25) is 4.79 Å². The van der Waals surface area contributed by atoms with Crippen LogP contribution in [0.15, 0.2) is 18.2 Å². The van der Waals surface area contributed by atoms with E-state index in [0.717, 1.165) is 17.7 Å². The van der Waals surface area contributed by atoms with E-state index in [0.29, 0.717) is 19.1 Å². The van der Waals surface area contributed by atoms with Crippen molar-refractivity contribution in [2.75, 3.05) is 19.8 Å². The van der Waals surface area contributed by atoms with E-state index in [9.17, 15) is 4.79 Å². The maximum absolute atomic E-state index is 11.9. The summed E-state index contributed by atoms with van der Waals surface area (Å²) >= 11 is 0. The first-order valence-electron chi connectivity index (χ1n) is 6.91. The molecule has 1 aliphatic rings. The summed E-state index contributed by atoms with van der Waals surface area (Å²) in [5.74, 6) is 1.41. The summed E-state index contributed by atoms with van der Waals surface area (Å²) in [6.45, 7) is 7.74. The van der Waals surface area contributed by atoms with Crippen LogP contribution in [0, 0.1) is 12.8 Å². The Balaban J connectivity index is 1.97. The molecule has 1 aliphatic heterocycles. The molecule has 1 aromatic carbocycles. The highest BCUT2D eigenvalue weighted by atomic mass is 16.5. The van der Waals surface area contributed by atoms with E-state index in [1.807, 2.05) is 19.1 Å². The van der Waals surface area contributed by atoms with Gasteiger partial charge in [0.15, 0.2) is 5.78 Å².